The Balaban J connectivity index is 1.99. The molecule has 0 radical (unpaired) electrons. The van der Waals surface area contributed by atoms with Crippen molar-refractivity contribution >= 4 is 5.69 Å². The first kappa shape index (κ1) is 13.4. The van der Waals surface area contributed by atoms with Gasteiger partial charge in [0.15, 0.2) is 0 Å². The number of anilines is 1. The highest BCUT2D eigenvalue weighted by Crippen LogP contribution is 2.27. The molecule has 0 aromatic heterocycles. The summed E-state index contributed by atoms with van der Waals surface area (Å²) in [5.74, 6) is 0. The highest BCUT2D eigenvalue weighted by molar-refractivity contribution is 5.58. The third kappa shape index (κ3) is 3.03. The number of aliphatic hydroxyl groups excluding tert-OH is 1. The highest BCUT2D eigenvalue weighted by atomic mass is 16.3. The van der Waals surface area contributed by atoms with Gasteiger partial charge < -0.3 is 15.3 Å². The zero-order valence-corrected chi connectivity index (χ0v) is 11.7. The Hall–Kier alpha value is -1.06. The molecule has 0 saturated heterocycles. The molecule has 0 spiro atoms. The summed E-state index contributed by atoms with van der Waals surface area (Å²) in [6.45, 7) is 6.48. The van der Waals surface area contributed by atoms with Crippen LogP contribution in [0.4, 0.5) is 5.69 Å². The molecular formula is C15H24N2O. The molecule has 2 N–H and O–H groups in total. The van der Waals surface area contributed by atoms with Gasteiger partial charge in [0.25, 0.3) is 0 Å². The highest BCUT2D eigenvalue weighted by Gasteiger charge is 2.18. The van der Waals surface area contributed by atoms with Crippen LogP contribution in [0.1, 0.15) is 31.4 Å². The summed E-state index contributed by atoms with van der Waals surface area (Å²) in [6.07, 6.45) is 1.93. The van der Waals surface area contributed by atoms with Crippen LogP contribution in [-0.4, -0.2) is 30.8 Å². The quantitative estimate of drug-likeness (QED) is 0.836. The zero-order chi connectivity index (χ0) is 13.2. The Bertz CT molecular complexity index is 415. The Morgan fingerprint density at radius 2 is 2.17 bits per heavy atom. The number of benzene rings is 1. The van der Waals surface area contributed by atoms with Crippen molar-refractivity contribution in [1.29, 1.82) is 0 Å². The average Bonchev–Trinajstić information content (AvgIpc) is 2.68. The maximum Gasteiger partial charge on any atom is 0.0448 e. The van der Waals surface area contributed by atoms with Crippen LogP contribution in [0.5, 0.6) is 0 Å². The maximum absolute atomic E-state index is 9.01. The monoisotopic (exact) mass is 248 g/mol. The van der Waals surface area contributed by atoms with Gasteiger partial charge in [-0.2, -0.15) is 0 Å². The lowest BCUT2D eigenvalue weighted by molar-refractivity contribution is 0.230. The van der Waals surface area contributed by atoms with Gasteiger partial charge in [-0.3, -0.25) is 0 Å². The van der Waals surface area contributed by atoms with Crippen LogP contribution in [0.15, 0.2) is 18.2 Å². The second kappa shape index (κ2) is 5.29. The van der Waals surface area contributed by atoms with Crippen molar-refractivity contribution in [1.82, 2.24) is 5.32 Å². The van der Waals surface area contributed by atoms with Gasteiger partial charge in [0.05, 0.1) is 0 Å². The number of hydrogen-bond donors (Lipinski definition) is 2. The average molecular weight is 248 g/mol. The molecule has 0 fully saturated rings. The number of hydrogen-bond acceptors (Lipinski definition) is 3. The van der Waals surface area contributed by atoms with Crippen LogP contribution in [0.3, 0.4) is 0 Å². The molecule has 0 amide bonds. The van der Waals surface area contributed by atoms with Gasteiger partial charge in [0, 0.05) is 38.0 Å². The first-order chi connectivity index (χ1) is 8.52. The van der Waals surface area contributed by atoms with Gasteiger partial charge in [-0.25, -0.2) is 0 Å². The predicted octanol–water partition coefficient (Wildman–Crippen LogP) is 1.93. The molecule has 3 heteroatoms. The van der Waals surface area contributed by atoms with E-state index in [0.717, 1.165) is 25.9 Å². The molecule has 2 rings (SSSR count). The summed E-state index contributed by atoms with van der Waals surface area (Å²) in [5, 5.41) is 12.5. The summed E-state index contributed by atoms with van der Waals surface area (Å²) in [5.41, 5.74) is 4.14. The first-order valence-corrected chi connectivity index (χ1v) is 6.71. The SMILES string of the molecule is CN1CCc2cc(CNC(C)(C)CCO)ccc21. The lowest BCUT2D eigenvalue weighted by atomic mass is 10.0. The molecule has 0 saturated carbocycles. The molecule has 0 aliphatic carbocycles. The Labute approximate surface area is 110 Å². The van der Waals surface area contributed by atoms with Crippen LogP contribution in [0, 0.1) is 0 Å². The Morgan fingerprint density at radius 3 is 2.89 bits per heavy atom. The Morgan fingerprint density at radius 1 is 1.39 bits per heavy atom. The van der Waals surface area contributed by atoms with Crippen LogP contribution in [0.2, 0.25) is 0 Å². The zero-order valence-electron chi connectivity index (χ0n) is 11.7. The fourth-order valence-electron chi connectivity index (χ4n) is 2.44. The van der Waals surface area contributed by atoms with Crippen LogP contribution >= 0.6 is 0 Å². The fourth-order valence-corrected chi connectivity index (χ4v) is 2.44. The predicted molar refractivity (Wildman–Crippen MR) is 76.0 cm³/mol. The lowest BCUT2D eigenvalue weighted by Crippen LogP contribution is -2.39. The van der Waals surface area contributed by atoms with E-state index in [2.05, 4.69) is 49.3 Å². The van der Waals surface area contributed by atoms with Crippen molar-refractivity contribution in [3.05, 3.63) is 29.3 Å². The second-order valence-corrected chi connectivity index (χ2v) is 5.85. The third-order valence-electron chi connectivity index (χ3n) is 3.78. The van der Waals surface area contributed by atoms with Crippen molar-refractivity contribution in [2.75, 3.05) is 25.1 Å². The van der Waals surface area contributed by atoms with Crippen molar-refractivity contribution in [3.63, 3.8) is 0 Å². The van der Waals surface area contributed by atoms with Crippen LogP contribution in [-0.2, 0) is 13.0 Å². The molecule has 0 atom stereocenters. The number of aliphatic hydroxyl groups is 1. The van der Waals surface area contributed by atoms with Crippen LogP contribution in [0.25, 0.3) is 0 Å². The third-order valence-corrected chi connectivity index (χ3v) is 3.78. The fraction of sp³-hybridized carbons (Fsp3) is 0.600. The molecule has 1 aromatic carbocycles. The molecule has 0 unspecified atom stereocenters. The molecule has 18 heavy (non-hydrogen) atoms. The van der Waals surface area contributed by atoms with E-state index in [-0.39, 0.29) is 12.1 Å². The summed E-state index contributed by atoms with van der Waals surface area (Å²) in [6, 6.07) is 6.72. The van der Waals surface area contributed by atoms with Crippen molar-refractivity contribution < 1.29 is 5.11 Å². The normalized spacial score (nSPS) is 15.0. The first-order valence-electron chi connectivity index (χ1n) is 6.71. The molecule has 1 heterocycles. The molecular weight excluding hydrogens is 224 g/mol. The van der Waals surface area contributed by atoms with Crippen LogP contribution < -0.4 is 10.2 Å². The minimum atomic E-state index is -0.00937. The second-order valence-electron chi connectivity index (χ2n) is 5.85. The molecule has 1 aliphatic rings. The van der Waals surface area contributed by atoms with Crippen molar-refractivity contribution in [3.8, 4) is 0 Å². The van der Waals surface area contributed by atoms with E-state index >= 15 is 0 Å². The van der Waals surface area contributed by atoms with E-state index < -0.39 is 0 Å². The van der Waals surface area contributed by atoms with E-state index in [1.807, 2.05) is 0 Å². The number of likely N-dealkylation sites (N-methyl/N-ethyl adjacent to an activating group) is 1. The van der Waals surface area contributed by atoms with E-state index in [0.29, 0.717) is 0 Å². The maximum atomic E-state index is 9.01. The van der Waals surface area contributed by atoms with Crippen molar-refractivity contribution in [2.24, 2.45) is 0 Å². The molecule has 1 aromatic rings. The number of nitrogens with one attached hydrogen (secondary N) is 1. The van der Waals surface area contributed by atoms with E-state index in [1.54, 1.807) is 0 Å². The topological polar surface area (TPSA) is 35.5 Å². The standard InChI is InChI=1S/C15H24N2O/c1-15(2,7-9-18)16-11-12-4-5-14-13(10-12)6-8-17(14)3/h4-5,10,16,18H,6-9,11H2,1-3H3. The van der Waals surface area contributed by atoms with Gasteiger partial charge in [-0.15, -0.1) is 0 Å². The number of nitrogens with zero attached hydrogens (tertiary/aromatic N) is 1. The van der Waals surface area contributed by atoms with E-state index in [9.17, 15) is 0 Å². The molecule has 0 bridgehead atoms. The Kier molecular flexibility index (Phi) is 3.93. The summed E-state index contributed by atoms with van der Waals surface area (Å²) < 4.78 is 0. The minimum Gasteiger partial charge on any atom is -0.396 e. The van der Waals surface area contributed by atoms with Gasteiger partial charge in [-0.1, -0.05) is 12.1 Å². The molecule has 100 valence electrons. The van der Waals surface area contributed by atoms with Gasteiger partial charge in [0.1, 0.15) is 0 Å². The number of fused-ring (bicyclic) bond motifs is 1. The van der Waals surface area contributed by atoms with Gasteiger partial charge in [0.2, 0.25) is 0 Å². The lowest BCUT2D eigenvalue weighted by Gasteiger charge is -2.25. The minimum absolute atomic E-state index is 0.00937. The summed E-state index contributed by atoms with van der Waals surface area (Å²) >= 11 is 0. The smallest absolute Gasteiger partial charge is 0.0448 e. The van der Waals surface area contributed by atoms with E-state index in [4.69, 9.17) is 5.11 Å². The van der Waals surface area contributed by atoms with Gasteiger partial charge in [-0.05, 0) is 43.9 Å². The van der Waals surface area contributed by atoms with Gasteiger partial charge >= 0.3 is 0 Å². The molecule has 3 nitrogen and oxygen atoms in total. The summed E-state index contributed by atoms with van der Waals surface area (Å²) in [4.78, 5) is 2.31. The molecule has 1 aliphatic heterocycles. The number of rotatable bonds is 5. The van der Waals surface area contributed by atoms with E-state index in [1.165, 1.54) is 16.8 Å². The van der Waals surface area contributed by atoms with Crippen molar-refractivity contribution in [2.45, 2.75) is 38.8 Å². The summed E-state index contributed by atoms with van der Waals surface area (Å²) in [7, 11) is 2.15. The largest absolute Gasteiger partial charge is 0.396 e.